The van der Waals surface area contributed by atoms with Gasteiger partial charge in [0.2, 0.25) is 0 Å². The van der Waals surface area contributed by atoms with Gasteiger partial charge in [-0.1, -0.05) is 0 Å². The summed E-state index contributed by atoms with van der Waals surface area (Å²) in [4.78, 5) is 0. The highest BCUT2D eigenvalue weighted by Crippen LogP contribution is 2.18. The van der Waals surface area contributed by atoms with E-state index in [9.17, 15) is 17.7 Å². The minimum atomic E-state index is -4.17. The zero-order chi connectivity index (χ0) is 6.78. The van der Waals surface area contributed by atoms with Crippen LogP contribution in [0.25, 0.3) is 0 Å². The summed E-state index contributed by atoms with van der Waals surface area (Å²) in [5.41, 5.74) is 1.01. The maximum atomic E-state index is 11.4. The van der Waals surface area contributed by atoms with Gasteiger partial charge in [0, 0.05) is 5.54 Å². The largest absolute Gasteiger partial charge is 0.375 e. The van der Waals surface area contributed by atoms with E-state index >= 15 is 0 Å². The van der Waals surface area contributed by atoms with Crippen molar-refractivity contribution in [3.63, 3.8) is 0 Å². The molecular weight excluding hydrogens is 126 g/mol. The van der Waals surface area contributed by atoms with E-state index in [-0.39, 0.29) is 0 Å². The van der Waals surface area contributed by atoms with Crippen molar-refractivity contribution >= 4 is 0 Å². The van der Waals surface area contributed by atoms with Gasteiger partial charge in [0.05, 0.1) is 0 Å². The van der Waals surface area contributed by atoms with Crippen LogP contribution in [-0.4, -0.2) is 12.2 Å². The van der Waals surface area contributed by atoms with Gasteiger partial charge in [-0.3, -0.25) is 0 Å². The number of nitrogens with zero attached hydrogens (tertiary/aromatic N) is 1. The van der Waals surface area contributed by atoms with Crippen molar-refractivity contribution in [2.45, 2.75) is 19.1 Å². The average Bonchev–Trinajstić information content (AvgIpc) is 1.67. The molecule has 0 aliphatic rings. The maximum absolute atomic E-state index is 11.4. The monoisotopic (exact) mass is 130 g/mol. The molecule has 0 saturated heterocycles. The van der Waals surface area contributed by atoms with Crippen LogP contribution in [0.15, 0.2) is 0 Å². The van der Waals surface area contributed by atoms with Crippen LogP contribution in [0.3, 0.4) is 0 Å². The van der Waals surface area contributed by atoms with Crippen LogP contribution in [0.2, 0.25) is 0 Å². The normalized spacial score (nSPS) is 16.1. The summed E-state index contributed by atoms with van der Waals surface area (Å²) in [7, 11) is 0. The molecule has 1 atom stereocenters. The lowest BCUT2D eigenvalue weighted by Crippen LogP contribution is -2.33. The Labute approximate surface area is 43.6 Å². The topological polar surface area (TPSA) is 14.1 Å². The highest BCUT2D eigenvalue weighted by molar-refractivity contribution is 4.63. The second kappa shape index (κ2) is 2.30. The molecule has 0 aromatic carbocycles. The number of halogens is 4. The van der Waals surface area contributed by atoms with E-state index < -0.39 is 12.2 Å². The van der Waals surface area contributed by atoms with Crippen LogP contribution < -0.4 is 5.54 Å². The molecule has 0 saturated carbocycles. The van der Waals surface area contributed by atoms with Gasteiger partial charge in [0.25, 0.3) is 0 Å². The van der Waals surface area contributed by atoms with Crippen LogP contribution in [0.1, 0.15) is 6.92 Å². The van der Waals surface area contributed by atoms with Crippen LogP contribution >= 0.6 is 0 Å². The van der Waals surface area contributed by atoms with Crippen molar-refractivity contribution < 1.29 is 17.7 Å². The summed E-state index contributed by atoms with van der Waals surface area (Å²) in [6.45, 7) is 0.531. The summed E-state index contributed by atoms with van der Waals surface area (Å²) in [6, 6.07) is -4.17. The highest BCUT2D eigenvalue weighted by atomic mass is 19.3. The standard InChI is InChI=1S/C3H4F4N/c1-2(4)3(5,6)8-7/h2H,1H3. The number of rotatable bonds is 2. The van der Waals surface area contributed by atoms with Gasteiger partial charge in [0.1, 0.15) is 0 Å². The zero-order valence-corrected chi connectivity index (χ0v) is 4.04. The van der Waals surface area contributed by atoms with Gasteiger partial charge in [-0.15, -0.1) is 4.48 Å². The highest BCUT2D eigenvalue weighted by Gasteiger charge is 2.38. The molecule has 0 fully saturated rings. The molecule has 8 heavy (non-hydrogen) atoms. The summed E-state index contributed by atoms with van der Waals surface area (Å²) < 4.78 is 44.8. The first-order chi connectivity index (χ1) is 3.50. The van der Waals surface area contributed by atoms with E-state index in [1.54, 1.807) is 0 Å². The lowest BCUT2D eigenvalue weighted by Gasteiger charge is -2.09. The molecule has 0 bridgehead atoms. The van der Waals surface area contributed by atoms with Gasteiger partial charge >= 0.3 is 6.05 Å². The molecule has 0 aliphatic heterocycles. The lowest BCUT2D eigenvalue weighted by molar-refractivity contribution is -0.139. The smallest absolute Gasteiger partial charge is 0.239 e. The third-order valence-corrected chi connectivity index (χ3v) is 0.591. The number of alkyl halides is 3. The van der Waals surface area contributed by atoms with Crippen molar-refractivity contribution in [3.8, 4) is 0 Å². The van der Waals surface area contributed by atoms with Crippen molar-refractivity contribution in [2.24, 2.45) is 0 Å². The zero-order valence-electron chi connectivity index (χ0n) is 4.04. The summed E-state index contributed by atoms with van der Waals surface area (Å²) >= 11 is 0. The second-order valence-electron chi connectivity index (χ2n) is 1.29. The van der Waals surface area contributed by atoms with E-state index in [0.717, 1.165) is 5.54 Å². The molecule has 49 valence electrons. The molecular formula is C3H4F4N. The minimum absolute atomic E-state index is 0.531. The van der Waals surface area contributed by atoms with E-state index in [1.807, 2.05) is 0 Å². The molecule has 0 aliphatic carbocycles. The third kappa shape index (κ3) is 1.65. The van der Waals surface area contributed by atoms with E-state index in [1.165, 1.54) is 0 Å². The molecule has 0 heterocycles. The number of hydrogen-bond donors (Lipinski definition) is 0. The number of hydrogen-bond acceptors (Lipinski definition) is 0. The fourth-order valence-corrected chi connectivity index (χ4v) is 0.0672. The Morgan fingerprint density at radius 3 is 1.88 bits per heavy atom. The molecule has 0 spiro atoms. The fourth-order valence-electron chi connectivity index (χ4n) is 0.0672. The van der Waals surface area contributed by atoms with E-state index in [4.69, 9.17) is 0 Å². The fraction of sp³-hybridized carbons (Fsp3) is 1.00. The Morgan fingerprint density at radius 2 is 1.88 bits per heavy atom. The molecule has 1 nitrogen and oxygen atoms in total. The molecule has 0 amide bonds. The van der Waals surface area contributed by atoms with Gasteiger partial charge in [-0.05, 0) is 6.92 Å². The molecule has 0 aromatic rings. The molecule has 1 unspecified atom stereocenters. The molecule has 0 N–H and O–H groups in total. The quantitative estimate of drug-likeness (QED) is 0.396. The Bertz CT molecular complexity index is 71.7. The van der Waals surface area contributed by atoms with E-state index in [2.05, 4.69) is 0 Å². The summed E-state index contributed by atoms with van der Waals surface area (Å²) in [6.07, 6.45) is -2.56. The minimum Gasteiger partial charge on any atom is -0.239 e. The predicted octanol–water partition coefficient (Wildman–Crippen LogP) is 1.43. The Kier molecular flexibility index (Phi) is 2.21. The molecule has 5 heteroatoms. The summed E-state index contributed by atoms with van der Waals surface area (Å²) in [5, 5.41) is 0. The first kappa shape index (κ1) is 7.68. The lowest BCUT2D eigenvalue weighted by atomic mass is 10.4. The van der Waals surface area contributed by atoms with Crippen molar-refractivity contribution in [2.75, 3.05) is 0 Å². The SMILES string of the molecule is CC(F)C(F)(F)[N]F. The van der Waals surface area contributed by atoms with Crippen LogP contribution in [0.5, 0.6) is 0 Å². The molecule has 0 aromatic heterocycles. The van der Waals surface area contributed by atoms with Gasteiger partial charge in [-0.2, -0.15) is 8.78 Å². The average molecular weight is 130 g/mol. The van der Waals surface area contributed by atoms with Crippen LogP contribution in [-0.2, 0) is 0 Å². The first-order valence-corrected chi connectivity index (χ1v) is 1.85. The maximum Gasteiger partial charge on any atom is 0.375 e. The third-order valence-electron chi connectivity index (χ3n) is 0.591. The van der Waals surface area contributed by atoms with Crippen molar-refractivity contribution in [1.82, 2.24) is 5.54 Å². The molecule has 0 rings (SSSR count). The van der Waals surface area contributed by atoms with E-state index in [0.29, 0.717) is 6.92 Å². The van der Waals surface area contributed by atoms with Gasteiger partial charge < -0.3 is 0 Å². The first-order valence-electron chi connectivity index (χ1n) is 1.85. The van der Waals surface area contributed by atoms with Crippen LogP contribution in [0, 0.1) is 0 Å². The summed E-state index contributed by atoms with van der Waals surface area (Å²) in [5.74, 6) is 0. The Balaban J connectivity index is 3.71. The molecule has 1 radical (unpaired) electrons. The predicted molar refractivity (Wildman–Crippen MR) is 18.8 cm³/mol. The van der Waals surface area contributed by atoms with Crippen molar-refractivity contribution in [1.29, 1.82) is 0 Å². The Morgan fingerprint density at radius 1 is 1.50 bits per heavy atom. The van der Waals surface area contributed by atoms with Crippen LogP contribution in [0.4, 0.5) is 17.7 Å². The van der Waals surface area contributed by atoms with Crippen molar-refractivity contribution in [3.05, 3.63) is 0 Å². The Hall–Kier alpha value is -0.320. The van der Waals surface area contributed by atoms with Gasteiger partial charge in [0.15, 0.2) is 6.17 Å². The second-order valence-corrected chi connectivity index (χ2v) is 1.29. The van der Waals surface area contributed by atoms with Gasteiger partial charge in [-0.25, -0.2) is 4.39 Å².